The van der Waals surface area contributed by atoms with Crippen molar-refractivity contribution in [2.45, 2.75) is 32.2 Å². The molecule has 0 aliphatic rings. The molecule has 1 amide bonds. The van der Waals surface area contributed by atoms with Gasteiger partial charge in [-0.1, -0.05) is 42.5 Å². The van der Waals surface area contributed by atoms with Crippen molar-refractivity contribution in [3.8, 4) is 0 Å². The van der Waals surface area contributed by atoms with Gasteiger partial charge in [0.25, 0.3) is 0 Å². The van der Waals surface area contributed by atoms with E-state index in [1.165, 1.54) is 0 Å². The Morgan fingerprint density at radius 2 is 1.87 bits per heavy atom. The molecule has 0 radical (unpaired) electrons. The molecular formula is C19H20N2O2. The topological polar surface area (TPSA) is 55.1 Å². The monoisotopic (exact) mass is 308 g/mol. The van der Waals surface area contributed by atoms with Crippen molar-refractivity contribution in [3.05, 3.63) is 66.1 Å². The van der Waals surface area contributed by atoms with E-state index >= 15 is 0 Å². The predicted octanol–water partition coefficient (Wildman–Crippen LogP) is 4.03. The molecule has 1 unspecified atom stereocenters. The summed E-state index contributed by atoms with van der Waals surface area (Å²) >= 11 is 0. The van der Waals surface area contributed by atoms with E-state index in [-0.39, 0.29) is 11.9 Å². The van der Waals surface area contributed by atoms with Crippen molar-refractivity contribution in [2.24, 2.45) is 0 Å². The van der Waals surface area contributed by atoms with E-state index in [2.05, 4.69) is 10.3 Å². The summed E-state index contributed by atoms with van der Waals surface area (Å²) in [7, 11) is 0. The largest absolute Gasteiger partial charge is 0.441 e. The zero-order valence-electron chi connectivity index (χ0n) is 13.2. The van der Waals surface area contributed by atoms with E-state index in [0.29, 0.717) is 18.7 Å². The number of carbonyl (C=O) groups is 1. The second kappa shape index (κ2) is 7.09. The van der Waals surface area contributed by atoms with E-state index in [1.807, 2.05) is 61.5 Å². The summed E-state index contributed by atoms with van der Waals surface area (Å²) in [6.07, 6.45) is 1.86. The molecule has 118 valence electrons. The van der Waals surface area contributed by atoms with Crippen LogP contribution in [0.1, 0.15) is 37.3 Å². The zero-order valence-corrected chi connectivity index (χ0v) is 13.2. The fourth-order valence-electron chi connectivity index (χ4n) is 2.57. The molecule has 1 atom stereocenters. The minimum absolute atomic E-state index is 0.0213. The molecule has 3 rings (SSSR count). The molecule has 0 aliphatic heterocycles. The Morgan fingerprint density at radius 3 is 2.65 bits per heavy atom. The molecule has 0 bridgehead atoms. The van der Waals surface area contributed by atoms with Crippen molar-refractivity contribution in [3.63, 3.8) is 0 Å². The molecule has 4 nitrogen and oxygen atoms in total. The number of aryl methyl sites for hydroxylation is 1. The van der Waals surface area contributed by atoms with E-state index in [0.717, 1.165) is 23.1 Å². The molecule has 23 heavy (non-hydrogen) atoms. The Kier molecular flexibility index (Phi) is 4.71. The Balaban J connectivity index is 1.47. The average molecular weight is 308 g/mol. The van der Waals surface area contributed by atoms with Gasteiger partial charge in [0, 0.05) is 12.8 Å². The summed E-state index contributed by atoms with van der Waals surface area (Å²) < 4.78 is 5.66. The summed E-state index contributed by atoms with van der Waals surface area (Å²) in [4.78, 5) is 16.4. The molecule has 4 heteroatoms. The zero-order chi connectivity index (χ0) is 16.1. The van der Waals surface area contributed by atoms with Gasteiger partial charge in [0.1, 0.15) is 5.52 Å². The number of hydrogen-bond acceptors (Lipinski definition) is 3. The first-order valence-corrected chi connectivity index (χ1v) is 7.91. The van der Waals surface area contributed by atoms with Gasteiger partial charge in [-0.15, -0.1) is 0 Å². The number of amides is 1. The molecule has 1 aromatic heterocycles. The Hall–Kier alpha value is -2.62. The van der Waals surface area contributed by atoms with Crippen LogP contribution in [0.15, 0.2) is 59.0 Å². The first-order valence-electron chi connectivity index (χ1n) is 7.91. The molecular weight excluding hydrogens is 288 g/mol. The first-order chi connectivity index (χ1) is 11.2. The molecule has 0 saturated heterocycles. The van der Waals surface area contributed by atoms with Crippen molar-refractivity contribution >= 4 is 17.0 Å². The quantitative estimate of drug-likeness (QED) is 0.748. The van der Waals surface area contributed by atoms with Crippen molar-refractivity contribution in [1.29, 1.82) is 0 Å². The number of nitrogens with zero attached hydrogens (tertiary/aromatic N) is 1. The summed E-state index contributed by atoms with van der Waals surface area (Å²) in [5.41, 5.74) is 2.77. The molecule has 3 aromatic rings. The maximum Gasteiger partial charge on any atom is 0.220 e. The van der Waals surface area contributed by atoms with Crippen LogP contribution in [-0.2, 0) is 11.2 Å². The molecule has 0 saturated carbocycles. The maximum atomic E-state index is 12.0. The van der Waals surface area contributed by atoms with Crippen LogP contribution in [0.25, 0.3) is 11.1 Å². The lowest BCUT2D eigenvalue weighted by molar-refractivity contribution is -0.121. The van der Waals surface area contributed by atoms with Crippen LogP contribution in [0, 0.1) is 0 Å². The van der Waals surface area contributed by atoms with Crippen molar-refractivity contribution < 1.29 is 9.21 Å². The molecule has 2 aromatic carbocycles. The number of oxazole rings is 1. The second-order valence-electron chi connectivity index (χ2n) is 5.63. The van der Waals surface area contributed by atoms with Gasteiger partial charge in [0.15, 0.2) is 11.5 Å². The standard InChI is InChI=1S/C19H20N2O2/c1-14(15-8-3-2-4-9-15)20-18(22)12-7-13-19-21-16-10-5-6-11-17(16)23-19/h2-6,8-11,14H,7,12-13H2,1H3,(H,20,22). The highest BCUT2D eigenvalue weighted by atomic mass is 16.3. The van der Waals surface area contributed by atoms with Gasteiger partial charge >= 0.3 is 0 Å². The van der Waals surface area contributed by atoms with Crippen LogP contribution in [-0.4, -0.2) is 10.9 Å². The molecule has 0 fully saturated rings. The third-order valence-corrected chi connectivity index (χ3v) is 3.81. The lowest BCUT2D eigenvalue weighted by Crippen LogP contribution is -2.26. The first kappa shape index (κ1) is 15.3. The average Bonchev–Trinajstić information content (AvgIpc) is 2.98. The smallest absolute Gasteiger partial charge is 0.220 e. The van der Waals surface area contributed by atoms with Gasteiger partial charge < -0.3 is 9.73 Å². The van der Waals surface area contributed by atoms with E-state index < -0.39 is 0 Å². The maximum absolute atomic E-state index is 12.0. The molecule has 0 aliphatic carbocycles. The van der Waals surface area contributed by atoms with Gasteiger partial charge in [-0.2, -0.15) is 0 Å². The van der Waals surface area contributed by atoms with Crippen LogP contribution in [0.2, 0.25) is 0 Å². The minimum atomic E-state index is 0.0213. The number of carbonyl (C=O) groups excluding carboxylic acids is 1. The normalized spacial score (nSPS) is 12.2. The molecule has 0 spiro atoms. The SMILES string of the molecule is CC(NC(=O)CCCc1nc2ccccc2o1)c1ccccc1. The number of nitrogens with one attached hydrogen (secondary N) is 1. The lowest BCUT2D eigenvalue weighted by atomic mass is 10.1. The third-order valence-electron chi connectivity index (χ3n) is 3.81. The fraction of sp³-hybridized carbons (Fsp3) is 0.263. The van der Waals surface area contributed by atoms with Crippen LogP contribution in [0.5, 0.6) is 0 Å². The van der Waals surface area contributed by atoms with Crippen molar-refractivity contribution in [2.75, 3.05) is 0 Å². The summed E-state index contributed by atoms with van der Waals surface area (Å²) in [5, 5.41) is 3.02. The number of fused-ring (bicyclic) bond motifs is 1. The van der Waals surface area contributed by atoms with Crippen LogP contribution < -0.4 is 5.32 Å². The van der Waals surface area contributed by atoms with E-state index in [1.54, 1.807) is 0 Å². The molecule has 1 heterocycles. The van der Waals surface area contributed by atoms with Gasteiger partial charge in [-0.3, -0.25) is 4.79 Å². The van der Waals surface area contributed by atoms with E-state index in [9.17, 15) is 4.79 Å². The summed E-state index contributed by atoms with van der Waals surface area (Å²) in [5.74, 6) is 0.743. The van der Waals surface area contributed by atoms with Crippen molar-refractivity contribution in [1.82, 2.24) is 10.3 Å². The van der Waals surface area contributed by atoms with Gasteiger partial charge in [-0.05, 0) is 31.0 Å². The minimum Gasteiger partial charge on any atom is -0.441 e. The highest BCUT2D eigenvalue weighted by Gasteiger charge is 2.10. The second-order valence-corrected chi connectivity index (χ2v) is 5.63. The Morgan fingerprint density at radius 1 is 1.13 bits per heavy atom. The number of hydrogen-bond donors (Lipinski definition) is 1. The van der Waals surface area contributed by atoms with Crippen LogP contribution in [0.4, 0.5) is 0 Å². The third kappa shape index (κ3) is 3.97. The highest BCUT2D eigenvalue weighted by Crippen LogP contribution is 2.16. The predicted molar refractivity (Wildman–Crippen MR) is 89.9 cm³/mol. The van der Waals surface area contributed by atoms with Gasteiger partial charge in [0.05, 0.1) is 6.04 Å². The summed E-state index contributed by atoms with van der Waals surface area (Å²) in [6.45, 7) is 1.99. The summed E-state index contributed by atoms with van der Waals surface area (Å²) in [6, 6.07) is 17.7. The number of rotatable bonds is 6. The lowest BCUT2D eigenvalue weighted by Gasteiger charge is -2.13. The highest BCUT2D eigenvalue weighted by molar-refractivity contribution is 5.76. The molecule has 1 N–H and O–H groups in total. The number of para-hydroxylation sites is 2. The Labute approximate surface area is 135 Å². The van der Waals surface area contributed by atoms with Crippen LogP contribution >= 0.6 is 0 Å². The van der Waals surface area contributed by atoms with Gasteiger partial charge in [0.2, 0.25) is 5.91 Å². The van der Waals surface area contributed by atoms with Gasteiger partial charge in [-0.25, -0.2) is 4.98 Å². The fourth-order valence-corrected chi connectivity index (χ4v) is 2.57. The van der Waals surface area contributed by atoms with E-state index in [4.69, 9.17) is 4.42 Å². The number of aromatic nitrogens is 1. The Bertz CT molecular complexity index is 747. The van der Waals surface area contributed by atoms with Crippen LogP contribution in [0.3, 0.4) is 0 Å². The number of benzene rings is 2.